The lowest BCUT2D eigenvalue weighted by molar-refractivity contribution is -0.0770. The molecule has 0 amide bonds. The van der Waals surface area contributed by atoms with Crippen LogP contribution in [-0.2, 0) is 27.6 Å². The van der Waals surface area contributed by atoms with E-state index in [1.807, 2.05) is 43.0 Å². The van der Waals surface area contributed by atoms with Gasteiger partial charge in [0.15, 0.2) is 16.4 Å². The van der Waals surface area contributed by atoms with Crippen LogP contribution in [0.1, 0.15) is 51.2 Å². The second-order valence-electron chi connectivity index (χ2n) is 11.1. The zero-order valence-corrected chi connectivity index (χ0v) is 26.3. The summed E-state index contributed by atoms with van der Waals surface area (Å²) in [7, 11) is -4.04. The molecule has 0 radical (unpaired) electrons. The fraction of sp³-hybridized carbons (Fsp3) is 0.438. The average molecular weight is 613 g/mol. The number of unbranched alkanes of at least 4 members (excludes halogenated alkanes) is 1. The molecule has 42 heavy (non-hydrogen) atoms. The van der Waals surface area contributed by atoms with Gasteiger partial charge in [-0.25, -0.2) is 13.3 Å². The summed E-state index contributed by atoms with van der Waals surface area (Å²) in [5, 5.41) is 0. The highest BCUT2D eigenvalue weighted by Crippen LogP contribution is 2.49. The number of rotatable bonds is 12. The molecule has 8 nitrogen and oxygen atoms in total. The molecule has 2 heterocycles. The number of sulfone groups is 1. The Labute approximate surface area is 253 Å². The Balaban J connectivity index is 1.49. The number of hydrogen-bond acceptors (Lipinski definition) is 9. The first-order valence-corrected chi connectivity index (χ1v) is 17.0. The van der Waals surface area contributed by atoms with Crippen LogP contribution in [0.2, 0.25) is 0 Å². The van der Waals surface area contributed by atoms with Gasteiger partial charge in [0.25, 0.3) is 0 Å². The van der Waals surface area contributed by atoms with Crippen LogP contribution in [0.25, 0.3) is 0 Å². The van der Waals surface area contributed by atoms with Crippen LogP contribution >= 0.6 is 11.8 Å². The molecule has 226 valence electrons. The minimum absolute atomic E-state index is 0.00985. The number of nitrogens with zero attached hydrogens (tertiary/aromatic N) is 1. The van der Waals surface area contributed by atoms with E-state index in [0.717, 1.165) is 24.0 Å². The summed E-state index contributed by atoms with van der Waals surface area (Å²) in [5.74, 6) is 1.65. The molecule has 0 unspecified atom stereocenters. The first-order valence-electron chi connectivity index (χ1n) is 14.3. The fourth-order valence-corrected chi connectivity index (χ4v) is 8.72. The molecule has 0 aliphatic carbocycles. The Hall–Kier alpha value is -2.76. The first-order chi connectivity index (χ1) is 20.1. The van der Waals surface area contributed by atoms with Gasteiger partial charge >= 0.3 is 0 Å². The van der Waals surface area contributed by atoms with Crippen LogP contribution in [0.3, 0.4) is 0 Å². The monoisotopic (exact) mass is 612 g/mol. The number of nitrogens with two attached hydrogens (primary N) is 1. The second kappa shape index (κ2) is 12.5. The van der Waals surface area contributed by atoms with E-state index in [4.69, 9.17) is 24.7 Å². The van der Waals surface area contributed by atoms with Crippen LogP contribution in [0.5, 0.6) is 17.2 Å². The molecule has 10 heteroatoms. The maximum absolute atomic E-state index is 14.9. The van der Waals surface area contributed by atoms with Gasteiger partial charge in [0.1, 0.15) is 18.1 Å². The third-order valence-electron chi connectivity index (χ3n) is 8.11. The van der Waals surface area contributed by atoms with Crippen LogP contribution in [0.4, 0.5) is 0 Å². The minimum Gasteiger partial charge on any atom is -0.489 e. The Bertz CT molecular complexity index is 1480. The van der Waals surface area contributed by atoms with Crippen molar-refractivity contribution in [3.63, 3.8) is 0 Å². The zero-order chi connectivity index (χ0) is 30.0. The van der Waals surface area contributed by atoms with E-state index < -0.39 is 26.5 Å². The van der Waals surface area contributed by atoms with Crippen molar-refractivity contribution in [2.75, 3.05) is 19.7 Å². The highest BCUT2D eigenvalue weighted by Gasteiger charge is 2.64. The Morgan fingerprint density at radius 3 is 2.36 bits per heavy atom. The summed E-state index contributed by atoms with van der Waals surface area (Å²) in [5.41, 5.74) is 7.37. The van der Waals surface area contributed by atoms with Crippen LogP contribution < -0.4 is 19.9 Å². The molecule has 2 N–H and O–H groups in total. The van der Waals surface area contributed by atoms with Gasteiger partial charge in [-0.15, -0.1) is 11.8 Å². The van der Waals surface area contributed by atoms with E-state index in [-0.39, 0.29) is 24.8 Å². The van der Waals surface area contributed by atoms with Gasteiger partial charge in [-0.05, 0) is 74.0 Å². The standard InChI is InChI=1S/C32H40N2O6S2/c1-5-6-7-30-32(34(21-33)31(2,3)40-30,42(35,36)27-16-17-28-29(18-27)39-22-38-28)19-23-8-12-25(13-9-23)37-20-24-10-14-26(41-4)15-11-24/h8-18,30H,5-7,19-22,33H2,1-4H3/t30-,32+/m1/s1. The first kappa shape index (κ1) is 30.7. The molecule has 2 aliphatic rings. The Morgan fingerprint density at radius 2 is 1.69 bits per heavy atom. The Kier molecular flexibility index (Phi) is 9.10. The molecule has 5 rings (SSSR count). The van der Waals surface area contributed by atoms with Gasteiger partial charge in [0.2, 0.25) is 16.6 Å². The average Bonchev–Trinajstić information content (AvgIpc) is 3.55. The number of ether oxygens (including phenoxy) is 4. The van der Waals surface area contributed by atoms with Crippen LogP contribution in [0, 0.1) is 0 Å². The summed E-state index contributed by atoms with van der Waals surface area (Å²) in [6.45, 7) is 6.38. The van der Waals surface area contributed by atoms with Gasteiger partial charge in [-0.1, -0.05) is 44.0 Å². The number of hydrogen-bond donors (Lipinski definition) is 1. The van der Waals surface area contributed by atoms with E-state index in [1.54, 1.807) is 30.0 Å². The molecular formula is C32H40N2O6S2. The highest BCUT2D eigenvalue weighted by atomic mass is 32.2. The molecule has 1 saturated heterocycles. The van der Waals surface area contributed by atoms with Crippen LogP contribution in [-0.4, -0.2) is 49.7 Å². The van der Waals surface area contributed by atoms with Crippen molar-refractivity contribution in [2.24, 2.45) is 5.73 Å². The summed E-state index contributed by atoms with van der Waals surface area (Å²) < 4.78 is 53.3. The maximum atomic E-state index is 14.9. The van der Waals surface area contributed by atoms with Gasteiger partial charge in [0, 0.05) is 24.1 Å². The van der Waals surface area contributed by atoms with Crippen molar-refractivity contribution < 1.29 is 27.4 Å². The molecule has 0 aromatic heterocycles. The van der Waals surface area contributed by atoms with Crippen LogP contribution in [0.15, 0.2) is 76.5 Å². The van der Waals surface area contributed by atoms with Gasteiger partial charge in [-0.2, -0.15) is 0 Å². The summed E-state index contributed by atoms with van der Waals surface area (Å²) in [6.07, 6.45) is 3.95. The lowest BCUT2D eigenvalue weighted by atomic mass is 9.96. The Morgan fingerprint density at radius 1 is 1.00 bits per heavy atom. The fourth-order valence-electron chi connectivity index (χ4n) is 5.94. The minimum atomic E-state index is -4.04. The predicted molar refractivity (Wildman–Crippen MR) is 165 cm³/mol. The number of thioether (sulfide) groups is 1. The van der Waals surface area contributed by atoms with Crippen molar-refractivity contribution in [2.45, 2.75) is 79.6 Å². The molecule has 3 aromatic carbocycles. The molecule has 2 aliphatic heterocycles. The largest absolute Gasteiger partial charge is 0.489 e. The van der Waals surface area contributed by atoms with Crippen molar-refractivity contribution in [3.05, 3.63) is 77.9 Å². The zero-order valence-electron chi connectivity index (χ0n) is 24.7. The maximum Gasteiger partial charge on any atom is 0.231 e. The lowest BCUT2D eigenvalue weighted by Gasteiger charge is -2.42. The summed E-state index contributed by atoms with van der Waals surface area (Å²) >= 11 is 1.70. The van der Waals surface area contributed by atoms with E-state index in [2.05, 4.69) is 37.4 Å². The molecule has 0 spiro atoms. The quantitative estimate of drug-likeness (QED) is 0.248. The third-order valence-corrected chi connectivity index (χ3v) is 11.3. The van der Waals surface area contributed by atoms with Gasteiger partial charge < -0.3 is 24.7 Å². The highest BCUT2D eigenvalue weighted by molar-refractivity contribution is 7.98. The third kappa shape index (κ3) is 5.75. The van der Waals surface area contributed by atoms with Crippen molar-refractivity contribution >= 4 is 21.6 Å². The SMILES string of the molecule is CCCC[C@H]1OC(C)(C)N(CN)[C@@]1(Cc1ccc(OCc2ccc(SC)cc2)cc1)S(=O)(=O)c1ccc2c(c1)OCO2. The molecule has 3 aromatic rings. The van der Waals surface area contributed by atoms with E-state index in [0.29, 0.717) is 30.3 Å². The van der Waals surface area contributed by atoms with Gasteiger partial charge in [-0.3, -0.25) is 0 Å². The van der Waals surface area contributed by atoms with E-state index in [1.165, 1.54) is 4.90 Å². The molecule has 2 atom stereocenters. The smallest absolute Gasteiger partial charge is 0.231 e. The molecule has 1 fully saturated rings. The van der Waals surface area contributed by atoms with Gasteiger partial charge in [0.05, 0.1) is 11.0 Å². The molecule has 0 saturated carbocycles. The summed E-state index contributed by atoms with van der Waals surface area (Å²) in [4.78, 5) is 1.72. The lowest BCUT2D eigenvalue weighted by Crippen LogP contribution is -2.62. The number of fused-ring (bicyclic) bond motifs is 1. The molecular weight excluding hydrogens is 572 g/mol. The second-order valence-corrected chi connectivity index (χ2v) is 14.2. The number of benzene rings is 3. The normalized spacial score (nSPS) is 21.5. The van der Waals surface area contributed by atoms with Crippen molar-refractivity contribution in [3.8, 4) is 17.2 Å². The predicted octanol–water partition coefficient (Wildman–Crippen LogP) is 5.97. The van der Waals surface area contributed by atoms with Crippen molar-refractivity contribution in [1.29, 1.82) is 0 Å². The van der Waals surface area contributed by atoms with Crippen molar-refractivity contribution in [1.82, 2.24) is 4.90 Å². The van der Waals surface area contributed by atoms with E-state index in [9.17, 15) is 8.42 Å². The topological polar surface area (TPSA) is 100 Å². The summed E-state index contributed by atoms with van der Waals surface area (Å²) in [6, 6.07) is 20.7. The van der Waals surface area contributed by atoms with E-state index >= 15 is 0 Å². The molecule has 0 bridgehead atoms.